The molecule has 2 fully saturated rings. The topological polar surface area (TPSA) is 96.2 Å². The van der Waals surface area contributed by atoms with E-state index in [0.717, 1.165) is 36.5 Å². The molecule has 5 heterocycles. The van der Waals surface area contributed by atoms with Crippen molar-refractivity contribution in [3.05, 3.63) is 36.6 Å². The minimum atomic E-state index is -0.364. The maximum absolute atomic E-state index is 13.0. The number of carbonyl (C=O) groups excluding carboxylic acids is 1. The zero-order chi connectivity index (χ0) is 21.4. The molecule has 0 unspecified atom stereocenters. The summed E-state index contributed by atoms with van der Waals surface area (Å²) < 4.78 is 18.0. The molecular formula is C22H25FN6O2. The Balaban J connectivity index is 1.31. The zero-order valence-corrected chi connectivity index (χ0v) is 17.3. The highest BCUT2D eigenvalue weighted by Gasteiger charge is 2.43. The van der Waals surface area contributed by atoms with Crippen LogP contribution in [0.25, 0.3) is 22.2 Å². The van der Waals surface area contributed by atoms with Crippen LogP contribution in [0, 0.1) is 6.92 Å². The van der Waals surface area contributed by atoms with Crippen LogP contribution in [0.15, 0.2) is 35.1 Å². The van der Waals surface area contributed by atoms with Crippen LogP contribution in [0.5, 0.6) is 0 Å². The Morgan fingerprint density at radius 1 is 1.13 bits per heavy atom. The number of urea groups is 1. The smallest absolute Gasteiger partial charge is 0.323 e. The lowest BCUT2D eigenvalue weighted by atomic mass is 9.97. The molecule has 0 saturated carbocycles. The number of aromatic nitrogens is 3. The van der Waals surface area contributed by atoms with Gasteiger partial charge >= 0.3 is 6.03 Å². The number of pyridine rings is 2. The molecule has 31 heavy (non-hydrogen) atoms. The van der Waals surface area contributed by atoms with Gasteiger partial charge in [-0.05, 0) is 43.2 Å². The van der Waals surface area contributed by atoms with E-state index in [1.54, 1.807) is 25.5 Å². The maximum atomic E-state index is 13.0. The van der Waals surface area contributed by atoms with Crippen molar-refractivity contribution in [2.45, 2.75) is 50.7 Å². The number of halogens is 1. The van der Waals surface area contributed by atoms with Crippen LogP contribution in [0.2, 0.25) is 0 Å². The Hall–Kier alpha value is -3.07. The van der Waals surface area contributed by atoms with Crippen LogP contribution in [0.3, 0.4) is 0 Å². The number of aryl methyl sites for hydroxylation is 1. The van der Waals surface area contributed by atoms with Crippen molar-refractivity contribution in [3.63, 3.8) is 0 Å². The molecule has 5 rings (SSSR count). The molecule has 2 aliphatic rings. The lowest BCUT2D eigenvalue weighted by Gasteiger charge is -2.39. The number of oxazole rings is 1. The minimum Gasteiger partial charge on any atom is -0.439 e. The van der Waals surface area contributed by atoms with E-state index in [1.165, 1.54) is 0 Å². The van der Waals surface area contributed by atoms with Gasteiger partial charge in [0.2, 0.25) is 0 Å². The van der Waals surface area contributed by atoms with Crippen LogP contribution in [0.1, 0.15) is 31.6 Å². The number of nitrogens with zero attached hydrogens (tertiary/aromatic N) is 4. The third-order valence-corrected chi connectivity index (χ3v) is 6.21. The molecule has 2 N–H and O–H groups in total. The number of piperidine rings is 1. The van der Waals surface area contributed by atoms with Gasteiger partial charge in [-0.2, -0.15) is 0 Å². The summed E-state index contributed by atoms with van der Waals surface area (Å²) in [7, 11) is 0. The summed E-state index contributed by atoms with van der Waals surface area (Å²) in [5.41, 5.74) is 0.678. The van der Waals surface area contributed by atoms with E-state index < -0.39 is 0 Å². The SMILES string of the molecule is Cc1ncc(-c2cc3cc(NC(=O)N4[C@@H]5CC[C@H]4C[C@@H](NCCF)C5)ncc3cn2)o1. The largest absolute Gasteiger partial charge is 0.439 e. The molecule has 0 aliphatic carbocycles. The molecule has 162 valence electrons. The van der Waals surface area contributed by atoms with Crippen LogP contribution in [-0.4, -0.2) is 57.2 Å². The summed E-state index contributed by atoms with van der Waals surface area (Å²) in [5.74, 6) is 1.68. The second kappa shape index (κ2) is 8.22. The first-order chi connectivity index (χ1) is 15.1. The third-order valence-electron chi connectivity index (χ3n) is 6.21. The molecule has 0 spiro atoms. The molecular weight excluding hydrogens is 399 g/mol. The summed E-state index contributed by atoms with van der Waals surface area (Å²) in [6, 6.07) is 4.27. The summed E-state index contributed by atoms with van der Waals surface area (Å²) in [6.45, 7) is 1.80. The van der Waals surface area contributed by atoms with Gasteiger partial charge in [0.1, 0.15) is 18.2 Å². The number of hydrogen-bond acceptors (Lipinski definition) is 6. The first-order valence-corrected chi connectivity index (χ1v) is 10.7. The average Bonchev–Trinajstić information content (AvgIpc) is 3.32. The average molecular weight is 424 g/mol. The van der Waals surface area contributed by atoms with Crippen molar-refractivity contribution in [2.75, 3.05) is 18.5 Å². The van der Waals surface area contributed by atoms with Crippen LogP contribution >= 0.6 is 0 Å². The number of rotatable bonds is 5. The Kier molecular flexibility index (Phi) is 5.27. The van der Waals surface area contributed by atoms with Gasteiger partial charge in [0.05, 0.1) is 6.20 Å². The number of carbonyl (C=O) groups is 1. The monoisotopic (exact) mass is 424 g/mol. The van der Waals surface area contributed by atoms with Crippen molar-refractivity contribution in [3.8, 4) is 11.5 Å². The van der Waals surface area contributed by atoms with Gasteiger partial charge in [0.25, 0.3) is 0 Å². The predicted molar refractivity (Wildman–Crippen MR) is 114 cm³/mol. The highest BCUT2D eigenvalue weighted by Crippen LogP contribution is 2.36. The fraction of sp³-hybridized carbons (Fsp3) is 0.455. The Morgan fingerprint density at radius 3 is 2.61 bits per heavy atom. The zero-order valence-electron chi connectivity index (χ0n) is 17.3. The number of nitrogens with one attached hydrogen (secondary N) is 2. The molecule has 2 amide bonds. The van der Waals surface area contributed by atoms with E-state index in [4.69, 9.17) is 4.42 Å². The van der Waals surface area contributed by atoms with E-state index in [9.17, 15) is 9.18 Å². The molecule has 3 aromatic rings. The van der Waals surface area contributed by atoms with Crippen molar-refractivity contribution in [1.82, 2.24) is 25.2 Å². The van der Waals surface area contributed by atoms with Crippen LogP contribution in [-0.2, 0) is 0 Å². The van der Waals surface area contributed by atoms with E-state index >= 15 is 0 Å². The quantitative estimate of drug-likeness (QED) is 0.649. The van der Waals surface area contributed by atoms with Gasteiger partial charge in [-0.15, -0.1) is 0 Å². The van der Waals surface area contributed by atoms with Gasteiger partial charge in [0.15, 0.2) is 11.7 Å². The van der Waals surface area contributed by atoms with E-state index in [-0.39, 0.29) is 30.8 Å². The summed E-state index contributed by atoms with van der Waals surface area (Å²) in [4.78, 5) is 27.9. The Labute approximate surface area is 179 Å². The molecule has 3 aromatic heterocycles. The van der Waals surface area contributed by atoms with Crippen molar-refractivity contribution < 1.29 is 13.6 Å². The predicted octanol–water partition coefficient (Wildman–Crippen LogP) is 3.68. The number of amides is 2. The summed E-state index contributed by atoms with van der Waals surface area (Å²) in [6.07, 6.45) is 8.79. The molecule has 9 heteroatoms. The number of fused-ring (bicyclic) bond motifs is 3. The van der Waals surface area contributed by atoms with E-state index in [1.807, 2.05) is 17.0 Å². The molecule has 2 saturated heterocycles. The highest BCUT2D eigenvalue weighted by atomic mass is 19.1. The summed E-state index contributed by atoms with van der Waals surface area (Å²) >= 11 is 0. The fourth-order valence-corrected chi connectivity index (χ4v) is 4.83. The van der Waals surface area contributed by atoms with Gasteiger partial charge in [-0.25, -0.2) is 19.2 Å². The first kappa shape index (κ1) is 19.9. The van der Waals surface area contributed by atoms with Crippen LogP contribution < -0.4 is 10.6 Å². The number of hydrogen-bond donors (Lipinski definition) is 2. The van der Waals surface area contributed by atoms with E-state index in [2.05, 4.69) is 25.6 Å². The second-order valence-electron chi connectivity index (χ2n) is 8.26. The molecule has 0 radical (unpaired) electrons. The molecule has 8 nitrogen and oxygen atoms in total. The van der Waals surface area contributed by atoms with Gasteiger partial charge < -0.3 is 14.6 Å². The fourth-order valence-electron chi connectivity index (χ4n) is 4.83. The summed E-state index contributed by atoms with van der Waals surface area (Å²) in [5, 5.41) is 8.00. The van der Waals surface area contributed by atoms with Crippen LogP contribution in [0.4, 0.5) is 15.0 Å². The number of alkyl halides is 1. The van der Waals surface area contributed by atoms with Crippen molar-refractivity contribution in [1.29, 1.82) is 0 Å². The maximum Gasteiger partial charge on any atom is 0.323 e. The standard InChI is InChI=1S/C22H25FN6O2/c1-13-25-12-20(31-13)19-6-14-7-21(27-11-15(14)10-26-19)28-22(30)29-17-2-3-18(29)9-16(8-17)24-5-4-23/h6-7,10-12,16-18,24H,2-5,8-9H2,1H3,(H,27,28,30)/t16-,17+,18-. The normalized spacial score (nSPS) is 22.8. The lowest BCUT2D eigenvalue weighted by molar-refractivity contribution is 0.141. The van der Waals surface area contributed by atoms with Gasteiger partial charge in [0, 0.05) is 49.4 Å². The van der Waals surface area contributed by atoms with Crippen molar-refractivity contribution >= 4 is 22.6 Å². The van der Waals surface area contributed by atoms with Gasteiger partial charge in [-0.3, -0.25) is 10.3 Å². The molecule has 2 aliphatic heterocycles. The van der Waals surface area contributed by atoms with Crippen molar-refractivity contribution in [2.24, 2.45) is 0 Å². The Bertz CT molecular complexity index is 1090. The molecule has 2 bridgehead atoms. The minimum absolute atomic E-state index is 0.122. The second-order valence-corrected chi connectivity index (χ2v) is 8.26. The van der Waals surface area contributed by atoms with E-state index in [0.29, 0.717) is 29.7 Å². The third kappa shape index (κ3) is 3.97. The lowest BCUT2D eigenvalue weighted by Crippen LogP contribution is -2.53. The highest BCUT2D eigenvalue weighted by molar-refractivity contribution is 5.92. The molecule has 3 atom stereocenters. The molecule has 0 aromatic carbocycles. The first-order valence-electron chi connectivity index (χ1n) is 10.7. The van der Waals surface area contributed by atoms with Gasteiger partial charge in [-0.1, -0.05) is 0 Å². The Morgan fingerprint density at radius 2 is 1.90 bits per heavy atom. The number of anilines is 1.